The van der Waals surface area contributed by atoms with Gasteiger partial charge in [0, 0.05) is 0 Å². The smallest absolute Gasteiger partial charge is 0.131 e. The summed E-state index contributed by atoms with van der Waals surface area (Å²) in [7, 11) is 2.52. The van der Waals surface area contributed by atoms with E-state index in [0.29, 0.717) is 0 Å². The van der Waals surface area contributed by atoms with Crippen molar-refractivity contribution >= 4 is 26.3 Å². The Bertz CT molecular complexity index is 384. The maximum absolute atomic E-state index is 4.35. The predicted molar refractivity (Wildman–Crippen MR) is 54.8 cm³/mol. The van der Waals surface area contributed by atoms with E-state index >= 15 is 0 Å². The lowest BCUT2D eigenvalue weighted by Gasteiger charge is -1.81. The highest BCUT2D eigenvalue weighted by molar-refractivity contribution is 7.21. The molecule has 0 saturated carbocycles. The average molecular weight is 176 g/mol. The summed E-state index contributed by atoms with van der Waals surface area (Å²) in [5.41, 5.74) is 2.09. The molecule has 60 valence electrons. The Kier molecular flexibility index (Phi) is 1.92. The molecule has 1 heterocycles. The van der Waals surface area contributed by atoms with Gasteiger partial charge >= 0.3 is 0 Å². The first-order chi connectivity index (χ1) is 5.90. The second-order valence-corrected chi connectivity index (χ2v) is 2.88. The van der Waals surface area contributed by atoms with Crippen molar-refractivity contribution in [3.63, 3.8) is 0 Å². The zero-order chi connectivity index (χ0) is 8.39. The Balaban J connectivity index is 2.62. The fraction of sp³-hybridized carbons (Fsp3) is 0. The molecule has 0 bridgehead atoms. The third-order valence-corrected chi connectivity index (χ3v) is 1.85. The molecule has 1 unspecified atom stereocenters. The molecule has 2 aromatic rings. The molecule has 0 saturated heterocycles. The van der Waals surface area contributed by atoms with Gasteiger partial charge in [-0.15, -0.1) is 9.24 Å². The highest BCUT2D eigenvalue weighted by Gasteiger charge is 1.96. The summed E-state index contributed by atoms with van der Waals surface area (Å²) >= 11 is 0. The van der Waals surface area contributed by atoms with Crippen LogP contribution >= 0.6 is 9.24 Å². The minimum absolute atomic E-state index is 0.895. The molecule has 1 aromatic carbocycles. The van der Waals surface area contributed by atoms with Crippen LogP contribution < -0.4 is 0 Å². The molecule has 12 heavy (non-hydrogen) atoms. The first kappa shape index (κ1) is 7.51. The third-order valence-electron chi connectivity index (χ3n) is 1.66. The summed E-state index contributed by atoms with van der Waals surface area (Å²) in [4.78, 5) is 7.53. The Morgan fingerprint density at radius 2 is 2.17 bits per heavy atom. The van der Waals surface area contributed by atoms with Crippen molar-refractivity contribution in [2.75, 3.05) is 0 Å². The summed E-state index contributed by atoms with van der Waals surface area (Å²) in [5, 5.41) is 0. The van der Waals surface area contributed by atoms with Gasteiger partial charge in [-0.2, -0.15) is 0 Å². The number of hydrogen-bond donors (Lipinski definition) is 1. The molecule has 0 aliphatic rings. The summed E-state index contributed by atoms with van der Waals surface area (Å²) in [6.45, 7) is 0. The number of hydrogen-bond acceptors (Lipinski definition) is 1. The van der Waals surface area contributed by atoms with Crippen molar-refractivity contribution in [3.05, 3.63) is 35.9 Å². The number of rotatable bonds is 1. The average Bonchev–Trinajstić information content (AvgIpc) is 2.47. The lowest BCUT2D eigenvalue weighted by atomic mass is 10.3. The van der Waals surface area contributed by atoms with E-state index in [1.165, 1.54) is 0 Å². The number of nitrogens with one attached hydrogen (secondary N) is 1. The van der Waals surface area contributed by atoms with E-state index in [1.807, 2.05) is 36.2 Å². The van der Waals surface area contributed by atoms with Crippen molar-refractivity contribution in [1.29, 1.82) is 0 Å². The van der Waals surface area contributed by atoms with Gasteiger partial charge in [0.25, 0.3) is 0 Å². The van der Waals surface area contributed by atoms with Gasteiger partial charge in [0.15, 0.2) is 0 Å². The first-order valence-corrected chi connectivity index (χ1v) is 4.40. The van der Waals surface area contributed by atoms with Crippen molar-refractivity contribution in [2.45, 2.75) is 0 Å². The van der Waals surface area contributed by atoms with E-state index in [9.17, 15) is 0 Å². The zero-order valence-corrected chi connectivity index (χ0v) is 7.64. The Labute approximate surface area is 72.9 Å². The molecular formula is C9H9N2P. The number of H-pyrrole nitrogens is 1. The van der Waals surface area contributed by atoms with E-state index in [2.05, 4.69) is 19.2 Å². The van der Waals surface area contributed by atoms with Crippen LogP contribution in [0.5, 0.6) is 0 Å². The largest absolute Gasteiger partial charge is 0.338 e. The number of aromatic nitrogens is 2. The lowest BCUT2D eigenvalue weighted by molar-refractivity contribution is 1.29. The van der Waals surface area contributed by atoms with Crippen LogP contribution in [-0.4, -0.2) is 9.97 Å². The molecule has 1 N–H and O–H groups in total. The van der Waals surface area contributed by atoms with Gasteiger partial charge in [-0.05, 0) is 18.2 Å². The lowest BCUT2D eigenvalue weighted by Crippen LogP contribution is -1.70. The highest BCUT2D eigenvalue weighted by Crippen LogP contribution is 2.11. The standard InChI is InChI=1S/C9H9N2P/c12-6-5-9-10-7-3-1-2-4-8(7)11-9/h1-6H,12H2,(H,10,11). The molecule has 0 aliphatic carbocycles. The van der Waals surface area contributed by atoms with Crippen LogP contribution in [0.2, 0.25) is 0 Å². The van der Waals surface area contributed by atoms with Crippen LogP contribution in [0, 0.1) is 0 Å². The summed E-state index contributed by atoms with van der Waals surface area (Å²) in [6.07, 6.45) is 1.92. The second kappa shape index (κ2) is 3.08. The second-order valence-electron chi connectivity index (χ2n) is 2.50. The van der Waals surface area contributed by atoms with E-state index in [0.717, 1.165) is 16.9 Å². The molecule has 1 aromatic heterocycles. The van der Waals surface area contributed by atoms with Gasteiger partial charge in [0.2, 0.25) is 0 Å². The van der Waals surface area contributed by atoms with E-state index in [-0.39, 0.29) is 0 Å². The molecule has 0 radical (unpaired) electrons. The van der Waals surface area contributed by atoms with Gasteiger partial charge < -0.3 is 4.98 Å². The Hall–Kier alpha value is -1.14. The quantitative estimate of drug-likeness (QED) is 0.664. The maximum Gasteiger partial charge on any atom is 0.131 e. The normalized spacial score (nSPS) is 11.4. The number of imidazole rings is 1. The van der Waals surface area contributed by atoms with Crippen LogP contribution in [0.25, 0.3) is 17.1 Å². The summed E-state index contributed by atoms with van der Waals surface area (Å²) in [6, 6.07) is 7.99. The molecule has 2 nitrogen and oxygen atoms in total. The zero-order valence-electron chi connectivity index (χ0n) is 6.49. The number of fused-ring (bicyclic) bond motifs is 1. The van der Waals surface area contributed by atoms with Gasteiger partial charge in [-0.25, -0.2) is 4.98 Å². The van der Waals surface area contributed by atoms with E-state index in [4.69, 9.17) is 0 Å². The van der Waals surface area contributed by atoms with Crippen molar-refractivity contribution in [1.82, 2.24) is 9.97 Å². The molecule has 2 rings (SSSR count). The molecular weight excluding hydrogens is 167 g/mol. The number of nitrogens with zero attached hydrogens (tertiary/aromatic N) is 1. The number of benzene rings is 1. The number of aromatic amines is 1. The molecule has 0 aliphatic heterocycles. The fourth-order valence-electron chi connectivity index (χ4n) is 1.14. The van der Waals surface area contributed by atoms with Gasteiger partial charge in [0.05, 0.1) is 11.0 Å². The van der Waals surface area contributed by atoms with E-state index in [1.54, 1.807) is 0 Å². The first-order valence-electron chi connectivity index (χ1n) is 3.73. The van der Waals surface area contributed by atoms with Gasteiger partial charge in [0.1, 0.15) is 5.82 Å². The highest BCUT2D eigenvalue weighted by atomic mass is 31.0. The van der Waals surface area contributed by atoms with Crippen LogP contribution in [0.3, 0.4) is 0 Å². The van der Waals surface area contributed by atoms with Crippen LogP contribution in [0.15, 0.2) is 30.1 Å². The third kappa shape index (κ3) is 1.26. The van der Waals surface area contributed by atoms with Crippen molar-refractivity contribution < 1.29 is 0 Å². The topological polar surface area (TPSA) is 28.7 Å². The van der Waals surface area contributed by atoms with Gasteiger partial charge in [-0.1, -0.05) is 17.9 Å². The maximum atomic E-state index is 4.35. The fourth-order valence-corrected chi connectivity index (χ4v) is 1.32. The van der Waals surface area contributed by atoms with Crippen molar-refractivity contribution in [2.24, 2.45) is 0 Å². The van der Waals surface area contributed by atoms with E-state index < -0.39 is 0 Å². The Morgan fingerprint density at radius 3 is 2.92 bits per heavy atom. The molecule has 1 atom stereocenters. The van der Waals surface area contributed by atoms with Crippen LogP contribution in [-0.2, 0) is 0 Å². The predicted octanol–water partition coefficient (Wildman–Crippen LogP) is 2.41. The van der Waals surface area contributed by atoms with Crippen LogP contribution in [0.4, 0.5) is 0 Å². The van der Waals surface area contributed by atoms with Crippen molar-refractivity contribution in [3.8, 4) is 0 Å². The molecule has 3 heteroatoms. The Morgan fingerprint density at radius 1 is 1.33 bits per heavy atom. The summed E-state index contributed by atoms with van der Waals surface area (Å²) < 4.78 is 0. The SMILES string of the molecule is PC=Cc1nc2ccccc2[nH]1. The summed E-state index contributed by atoms with van der Waals surface area (Å²) in [5.74, 6) is 2.78. The minimum atomic E-state index is 0.895. The molecule has 0 amide bonds. The molecule has 0 spiro atoms. The van der Waals surface area contributed by atoms with Crippen LogP contribution in [0.1, 0.15) is 5.82 Å². The number of para-hydroxylation sites is 2. The minimum Gasteiger partial charge on any atom is -0.338 e. The van der Waals surface area contributed by atoms with Gasteiger partial charge in [-0.3, -0.25) is 0 Å². The molecule has 0 fully saturated rings. The monoisotopic (exact) mass is 176 g/mol.